The molecule has 0 unspecified atom stereocenters. The lowest BCUT2D eigenvalue weighted by molar-refractivity contribution is -0.152. The molecule has 0 saturated heterocycles. The molecule has 2 aromatic carbocycles. The number of ether oxygens (including phenoxy) is 4. The SMILES string of the molecule is COc1ccc(CC(=O)O[C@H](C)C(=O)Nc2ccc3c(c2)OCO3)cc1. The topological polar surface area (TPSA) is 83.1 Å². The van der Waals surface area contributed by atoms with Gasteiger partial charge in [0, 0.05) is 11.8 Å². The van der Waals surface area contributed by atoms with Gasteiger partial charge in [-0.3, -0.25) is 9.59 Å². The Morgan fingerprint density at radius 2 is 1.85 bits per heavy atom. The molecule has 1 aliphatic rings. The zero-order valence-electron chi connectivity index (χ0n) is 14.5. The predicted molar refractivity (Wildman–Crippen MR) is 93.4 cm³/mol. The Morgan fingerprint density at radius 1 is 1.12 bits per heavy atom. The van der Waals surface area contributed by atoms with Crippen molar-refractivity contribution in [1.82, 2.24) is 0 Å². The summed E-state index contributed by atoms with van der Waals surface area (Å²) >= 11 is 0. The second-order valence-corrected chi connectivity index (χ2v) is 5.71. The van der Waals surface area contributed by atoms with Gasteiger partial charge in [0.25, 0.3) is 5.91 Å². The molecule has 0 fully saturated rings. The highest BCUT2D eigenvalue weighted by Gasteiger charge is 2.20. The summed E-state index contributed by atoms with van der Waals surface area (Å²) in [7, 11) is 1.57. The van der Waals surface area contributed by atoms with Gasteiger partial charge >= 0.3 is 5.97 Å². The third kappa shape index (κ3) is 4.24. The van der Waals surface area contributed by atoms with Gasteiger partial charge in [-0.25, -0.2) is 0 Å². The first-order valence-electron chi connectivity index (χ1n) is 8.08. The van der Waals surface area contributed by atoms with E-state index in [4.69, 9.17) is 18.9 Å². The molecule has 0 bridgehead atoms. The van der Waals surface area contributed by atoms with Gasteiger partial charge in [0.1, 0.15) is 5.75 Å². The summed E-state index contributed by atoms with van der Waals surface area (Å²) in [6.07, 6.45) is -0.850. The molecular formula is C19H19NO6. The van der Waals surface area contributed by atoms with Crippen molar-refractivity contribution in [2.24, 2.45) is 0 Å². The van der Waals surface area contributed by atoms with Crippen LogP contribution in [0.25, 0.3) is 0 Å². The van der Waals surface area contributed by atoms with Gasteiger partial charge in [0.2, 0.25) is 6.79 Å². The third-order valence-corrected chi connectivity index (χ3v) is 3.83. The van der Waals surface area contributed by atoms with Crippen LogP contribution in [0, 0.1) is 0 Å². The van der Waals surface area contributed by atoms with Crippen LogP contribution in [0.1, 0.15) is 12.5 Å². The third-order valence-electron chi connectivity index (χ3n) is 3.83. The summed E-state index contributed by atoms with van der Waals surface area (Å²) in [4.78, 5) is 24.2. The maximum atomic E-state index is 12.2. The molecular weight excluding hydrogens is 338 g/mol. The molecule has 3 rings (SSSR count). The molecule has 0 saturated carbocycles. The van der Waals surface area contributed by atoms with Crippen molar-refractivity contribution in [2.45, 2.75) is 19.4 Å². The van der Waals surface area contributed by atoms with Crippen LogP contribution in [0.4, 0.5) is 5.69 Å². The number of methoxy groups -OCH3 is 1. The van der Waals surface area contributed by atoms with E-state index in [0.717, 1.165) is 5.56 Å². The number of nitrogens with one attached hydrogen (secondary N) is 1. The minimum Gasteiger partial charge on any atom is -0.497 e. The van der Waals surface area contributed by atoms with E-state index in [1.165, 1.54) is 6.92 Å². The Bertz CT molecular complexity index is 802. The molecule has 2 aromatic rings. The van der Waals surface area contributed by atoms with E-state index >= 15 is 0 Å². The highest BCUT2D eigenvalue weighted by Crippen LogP contribution is 2.34. The van der Waals surface area contributed by atoms with Crippen LogP contribution < -0.4 is 19.5 Å². The van der Waals surface area contributed by atoms with Crippen LogP contribution >= 0.6 is 0 Å². The van der Waals surface area contributed by atoms with Crippen LogP contribution in [-0.2, 0) is 20.7 Å². The Labute approximate surface area is 150 Å². The predicted octanol–water partition coefficient (Wildman–Crippen LogP) is 2.54. The number of hydrogen-bond donors (Lipinski definition) is 1. The second-order valence-electron chi connectivity index (χ2n) is 5.71. The van der Waals surface area contributed by atoms with Gasteiger partial charge in [0.05, 0.1) is 13.5 Å². The van der Waals surface area contributed by atoms with Crippen molar-refractivity contribution in [2.75, 3.05) is 19.2 Å². The fraction of sp³-hybridized carbons (Fsp3) is 0.263. The average molecular weight is 357 g/mol. The molecule has 1 N–H and O–H groups in total. The van der Waals surface area contributed by atoms with Crippen molar-refractivity contribution < 1.29 is 28.5 Å². The zero-order chi connectivity index (χ0) is 18.5. The van der Waals surface area contributed by atoms with Crippen LogP contribution in [0.15, 0.2) is 42.5 Å². The van der Waals surface area contributed by atoms with Crippen LogP contribution in [0.5, 0.6) is 17.2 Å². The molecule has 0 aromatic heterocycles. The highest BCUT2D eigenvalue weighted by molar-refractivity contribution is 5.95. The second kappa shape index (κ2) is 7.77. The zero-order valence-corrected chi connectivity index (χ0v) is 14.5. The summed E-state index contributed by atoms with van der Waals surface area (Å²) in [6, 6.07) is 12.1. The minimum atomic E-state index is -0.925. The van der Waals surface area contributed by atoms with E-state index < -0.39 is 18.0 Å². The van der Waals surface area contributed by atoms with Crippen LogP contribution in [-0.4, -0.2) is 31.9 Å². The molecule has 136 valence electrons. The fourth-order valence-corrected chi connectivity index (χ4v) is 2.42. The van der Waals surface area contributed by atoms with Gasteiger partial charge in [-0.1, -0.05) is 12.1 Å². The minimum absolute atomic E-state index is 0.0750. The highest BCUT2D eigenvalue weighted by atomic mass is 16.7. The number of hydrogen-bond acceptors (Lipinski definition) is 6. The van der Waals surface area contributed by atoms with Crippen molar-refractivity contribution in [3.05, 3.63) is 48.0 Å². The lowest BCUT2D eigenvalue weighted by Gasteiger charge is -2.14. The van der Waals surface area contributed by atoms with E-state index in [-0.39, 0.29) is 13.2 Å². The van der Waals surface area contributed by atoms with E-state index in [1.54, 1.807) is 49.6 Å². The fourth-order valence-electron chi connectivity index (χ4n) is 2.42. The van der Waals surface area contributed by atoms with Gasteiger partial charge in [-0.15, -0.1) is 0 Å². The number of benzene rings is 2. The molecule has 1 amide bonds. The number of rotatable bonds is 6. The molecule has 1 aliphatic heterocycles. The Morgan fingerprint density at radius 3 is 2.58 bits per heavy atom. The summed E-state index contributed by atoms with van der Waals surface area (Å²) in [5, 5.41) is 2.69. The summed E-state index contributed by atoms with van der Waals surface area (Å²) in [5.74, 6) is 0.989. The molecule has 1 atom stereocenters. The average Bonchev–Trinajstić information content (AvgIpc) is 3.10. The molecule has 0 radical (unpaired) electrons. The Hall–Kier alpha value is -3.22. The van der Waals surface area contributed by atoms with E-state index in [0.29, 0.717) is 22.9 Å². The van der Waals surface area contributed by atoms with E-state index in [9.17, 15) is 9.59 Å². The standard InChI is InChI=1S/C19H19NO6/c1-12(26-18(21)9-13-3-6-15(23-2)7-4-13)19(22)20-14-5-8-16-17(10-14)25-11-24-16/h3-8,10,12H,9,11H2,1-2H3,(H,20,22)/t12-/m1/s1. The van der Waals surface area contributed by atoms with Crippen molar-refractivity contribution in [3.8, 4) is 17.2 Å². The molecule has 7 nitrogen and oxygen atoms in total. The number of anilines is 1. The van der Waals surface area contributed by atoms with Crippen LogP contribution in [0.3, 0.4) is 0 Å². The molecule has 0 aliphatic carbocycles. The lowest BCUT2D eigenvalue weighted by atomic mass is 10.1. The quantitative estimate of drug-likeness (QED) is 0.800. The maximum absolute atomic E-state index is 12.2. The molecule has 7 heteroatoms. The normalized spacial score (nSPS) is 13.0. The molecule has 1 heterocycles. The lowest BCUT2D eigenvalue weighted by Crippen LogP contribution is -2.30. The number of carbonyl (C=O) groups excluding carboxylic acids is 2. The number of carbonyl (C=O) groups is 2. The summed E-state index contributed by atoms with van der Waals surface area (Å²) in [6.45, 7) is 1.68. The maximum Gasteiger partial charge on any atom is 0.311 e. The molecule has 0 spiro atoms. The first-order chi connectivity index (χ1) is 12.5. The monoisotopic (exact) mass is 357 g/mol. The van der Waals surface area contributed by atoms with Gasteiger partial charge in [0.15, 0.2) is 17.6 Å². The molecule has 26 heavy (non-hydrogen) atoms. The smallest absolute Gasteiger partial charge is 0.311 e. The van der Waals surface area contributed by atoms with Crippen molar-refractivity contribution in [3.63, 3.8) is 0 Å². The van der Waals surface area contributed by atoms with Gasteiger partial charge in [-0.2, -0.15) is 0 Å². The first-order valence-corrected chi connectivity index (χ1v) is 8.08. The number of esters is 1. The van der Waals surface area contributed by atoms with Gasteiger partial charge < -0.3 is 24.3 Å². The largest absolute Gasteiger partial charge is 0.497 e. The van der Waals surface area contributed by atoms with Gasteiger partial charge in [-0.05, 0) is 36.8 Å². The Balaban J connectivity index is 1.52. The first kappa shape index (κ1) is 17.6. The number of fused-ring (bicyclic) bond motifs is 1. The van der Waals surface area contributed by atoms with E-state index in [2.05, 4.69) is 5.32 Å². The Kier molecular flexibility index (Phi) is 5.26. The van der Waals surface area contributed by atoms with Crippen molar-refractivity contribution >= 4 is 17.6 Å². The summed E-state index contributed by atoms with van der Waals surface area (Å²) in [5.41, 5.74) is 1.32. The van der Waals surface area contributed by atoms with Crippen LogP contribution in [0.2, 0.25) is 0 Å². The van der Waals surface area contributed by atoms with Crippen molar-refractivity contribution in [1.29, 1.82) is 0 Å². The number of amides is 1. The van der Waals surface area contributed by atoms with E-state index in [1.807, 2.05) is 0 Å². The summed E-state index contributed by atoms with van der Waals surface area (Å²) < 4.78 is 20.7.